The number of rotatable bonds is 4. The Hall–Kier alpha value is -4.55. The maximum absolute atomic E-state index is 2.42. The van der Waals surface area contributed by atoms with Crippen molar-refractivity contribution < 1.29 is 0 Å². The second-order valence-electron chi connectivity index (χ2n) is 21.3. The predicted octanol–water partition coefficient (Wildman–Crippen LogP) is -25.3. The van der Waals surface area contributed by atoms with E-state index in [4.69, 9.17) is 0 Å². The van der Waals surface area contributed by atoms with Crippen LogP contribution in [0, 0.1) is 0 Å². The van der Waals surface area contributed by atoms with E-state index in [9.17, 15) is 0 Å². The summed E-state index contributed by atoms with van der Waals surface area (Å²) >= 11 is 0. The van der Waals surface area contributed by atoms with E-state index in [1.165, 1.54) is 208 Å². The molecule has 0 saturated carbocycles. The van der Waals surface area contributed by atoms with E-state index >= 15 is 0 Å². The molecule has 0 atom stereocenters. The quantitative estimate of drug-likeness (QED) is 0.122. The molecule has 0 spiro atoms. The summed E-state index contributed by atoms with van der Waals surface area (Å²) in [7, 11) is 52.0. The Balaban J connectivity index is 1.51. The molecule has 0 N–H and O–H groups in total. The second kappa shape index (κ2) is 17.1. The molecule has 0 unspecified atom stereocenters. The zero-order valence-electron chi connectivity index (χ0n) is 45.6. The SMILES string of the molecule is Bc1c(B)c(B)c(-c2c(B)c(B)c(B)c(B)c2-c2c3ccccc3c(-c3c(B)c(B)c(B)c4c(-c5c(B)c(B)c6c(B)c(B)c(B)c(B)c6c5B)c(B)c(B)c(B)c34)c3ccccc23)c(B)c1B. The van der Waals surface area contributed by atoms with Gasteiger partial charge in [-0.15, -0.1) is 49.2 Å². The van der Waals surface area contributed by atoms with E-state index in [0.29, 0.717) is 0 Å². The van der Waals surface area contributed by atoms with Crippen molar-refractivity contribution >= 4 is 336 Å². The van der Waals surface area contributed by atoms with Crippen LogP contribution in [0.2, 0.25) is 0 Å². The van der Waals surface area contributed by atoms with Gasteiger partial charge in [-0.2, -0.15) is 0 Å². The van der Waals surface area contributed by atoms with Crippen molar-refractivity contribution in [2.45, 2.75) is 0 Å². The fraction of sp³-hybridized carbons (Fsp3) is 0. The fourth-order valence-electron chi connectivity index (χ4n) is 13.2. The van der Waals surface area contributed by atoms with Crippen molar-refractivity contribution in [2.24, 2.45) is 0 Å². The molecule has 22 heteroatoms. The first-order chi connectivity index (χ1) is 32.0. The van der Waals surface area contributed by atoms with E-state index in [0.717, 1.165) is 0 Å². The van der Waals surface area contributed by atoms with Crippen LogP contribution in [-0.4, -0.2) is 173 Å². The molecule has 0 amide bonds. The van der Waals surface area contributed by atoms with Gasteiger partial charge in [-0.25, -0.2) is 0 Å². The number of benzene rings is 9. The lowest BCUT2D eigenvalue weighted by Crippen LogP contribution is -2.56. The molecule has 9 rings (SSSR count). The van der Waals surface area contributed by atoms with Gasteiger partial charge in [0.05, 0.1) is 0 Å². The number of hydrogen-bond acceptors (Lipinski definition) is 0. The zero-order chi connectivity index (χ0) is 49.6. The highest BCUT2D eigenvalue weighted by atomic mass is 14.3. The smallest absolute Gasteiger partial charge is 0.102 e. The standard InChI is InChI=1S/C46H52B22/c47-25-21(32(54)33(55)24-23(25)36(58)42(64)43(65)37(24)59)20-18-17(28(50)39(61)30(20)52)15(26(48)38(60)29(18)51)13-9-5-1-3-7-11(9)14(12-8-4-2-6-10(12)13)16-19(31(53)41(63)40(62)27(16)49)22-34(56)44(66)46(68)45(67)35(22)57/h1-8H,47-68H2. The van der Waals surface area contributed by atoms with Gasteiger partial charge in [-0.1, -0.05) is 120 Å². The monoisotopic (exact) mass is 847 g/mol. The second-order valence-corrected chi connectivity index (χ2v) is 21.3. The molecule has 0 radical (unpaired) electrons. The van der Waals surface area contributed by atoms with Gasteiger partial charge in [0.2, 0.25) is 0 Å². The molecule has 0 saturated heterocycles. The van der Waals surface area contributed by atoms with Crippen molar-refractivity contribution in [2.75, 3.05) is 0 Å². The summed E-state index contributed by atoms with van der Waals surface area (Å²) in [5.41, 5.74) is 41.7. The summed E-state index contributed by atoms with van der Waals surface area (Å²) in [6.07, 6.45) is 0. The van der Waals surface area contributed by atoms with E-state index < -0.39 is 0 Å². The van der Waals surface area contributed by atoms with Crippen LogP contribution in [0.5, 0.6) is 0 Å². The average molecular weight is 843 g/mol. The highest BCUT2D eigenvalue weighted by molar-refractivity contribution is 6.75. The number of hydrogen-bond donors (Lipinski definition) is 0. The molecular weight excluding hydrogens is 790 g/mol. The molecule has 0 heterocycles. The minimum Gasteiger partial charge on any atom is -0.102 e. The summed E-state index contributed by atoms with van der Waals surface area (Å²) in [5.74, 6) is 0. The summed E-state index contributed by atoms with van der Waals surface area (Å²) < 4.78 is 0. The molecule has 68 heavy (non-hydrogen) atoms. The lowest BCUT2D eigenvalue weighted by Gasteiger charge is -2.31. The molecular formula is C46H52B22. The van der Waals surface area contributed by atoms with Crippen LogP contribution in [0.1, 0.15) is 0 Å². The maximum atomic E-state index is 2.42. The summed E-state index contributed by atoms with van der Waals surface area (Å²) in [5, 5.41) is 10.9. The van der Waals surface area contributed by atoms with Gasteiger partial charge < -0.3 is 0 Å². The van der Waals surface area contributed by atoms with Crippen molar-refractivity contribution in [3.63, 3.8) is 0 Å². The van der Waals surface area contributed by atoms with Crippen LogP contribution in [-0.2, 0) is 0 Å². The normalized spacial score (nSPS) is 11.6. The van der Waals surface area contributed by atoms with Crippen LogP contribution < -0.4 is 120 Å². The van der Waals surface area contributed by atoms with Gasteiger partial charge in [0, 0.05) is 0 Å². The summed E-state index contributed by atoms with van der Waals surface area (Å²) in [4.78, 5) is 0. The van der Waals surface area contributed by atoms with Gasteiger partial charge in [0.1, 0.15) is 173 Å². The van der Waals surface area contributed by atoms with E-state index in [-0.39, 0.29) is 0 Å². The Labute approximate surface area is 426 Å². The molecule has 0 aliphatic carbocycles. The first-order valence-corrected chi connectivity index (χ1v) is 25.2. The molecule has 0 aliphatic heterocycles. The van der Waals surface area contributed by atoms with Crippen LogP contribution in [0.4, 0.5) is 0 Å². The van der Waals surface area contributed by atoms with Crippen molar-refractivity contribution in [3.8, 4) is 44.5 Å². The van der Waals surface area contributed by atoms with Crippen LogP contribution in [0.25, 0.3) is 87.6 Å². The highest BCUT2D eigenvalue weighted by Crippen LogP contribution is 2.45. The minimum absolute atomic E-state index is 1.31. The highest BCUT2D eigenvalue weighted by Gasteiger charge is 2.30. The fourth-order valence-corrected chi connectivity index (χ4v) is 13.2. The molecule has 0 aliphatic rings. The van der Waals surface area contributed by atoms with Gasteiger partial charge in [0.15, 0.2) is 0 Å². The molecule has 0 fully saturated rings. The molecule has 9 aromatic rings. The first kappa shape index (κ1) is 48.5. The van der Waals surface area contributed by atoms with Crippen molar-refractivity contribution in [1.29, 1.82) is 0 Å². The van der Waals surface area contributed by atoms with Gasteiger partial charge >= 0.3 is 0 Å². The molecule has 302 valence electrons. The third kappa shape index (κ3) is 6.53. The van der Waals surface area contributed by atoms with E-state index in [1.54, 1.807) is 0 Å². The number of fused-ring (bicyclic) bond motifs is 4. The topological polar surface area (TPSA) is 0 Å². The zero-order valence-corrected chi connectivity index (χ0v) is 45.6. The minimum atomic E-state index is 1.31. The lowest BCUT2D eigenvalue weighted by molar-refractivity contribution is 1.72. The van der Waals surface area contributed by atoms with Crippen LogP contribution in [0.3, 0.4) is 0 Å². The lowest BCUT2D eigenvalue weighted by atomic mass is 9.56. The Kier molecular flexibility index (Phi) is 12.2. The Bertz CT molecular complexity index is 3740. The van der Waals surface area contributed by atoms with Crippen molar-refractivity contribution in [3.05, 3.63) is 48.5 Å². The Morgan fingerprint density at radius 2 is 0.338 bits per heavy atom. The van der Waals surface area contributed by atoms with Crippen molar-refractivity contribution in [1.82, 2.24) is 0 Å². The molecule has 0 aromatic heterocycles. The Morgan fingerprint density at radius 3 is 0.721 bits per heavy atom. The van der Waals surface area contributed by atoms with E-state index in [2.05, 4.69) is 221 Å². The molecule has 9 aromatic carbocycles. The van der Waals surface area contributed by atoms with Crippen LogP contribution in [0.15, 0.2) is 48.5 Å². The van der Waals surface area contributed by atoms with Gasteiger partial charge in [-0.05, 0) is 87.6 Å². The van der Waals surface area contributed by atoms with E-state index in [1.807, 2.05) is 0 Å². The third-order valence-corrected chi connectivity index (χ3v) is 18.9. The molecule has 0 bridgehead atoms. The van der Waals surface area contributed by atoms with Gasteiger partial charge in [-0.3, -0.25) is 0 Å². The average Bonchev–Trinajstić information content (AvgIpc) is 3.32. The first-order valence-electron chi connectivity index (χ1n) is 25.2. The third-order valence-electron chi connectivity index (χ3n) is 18.9. The maximum Gasteiger partial charge on any atom is 0.140 e. The summed E-state index contributed by atoms with van der Waals surface area (Å²) in [6, 6.07) is 18.8. The van der Waals surface area contributed by atoms with Gasteiger partial charge in [0.25, 0.3) is 0 Å². The van der Waals surface area contributed by atoms with Crippen LogP contribution >= 0.6 is 0 Å². The Morgan fingerprint density at radius 1 is 0.147 bits per heavy atom. The molecule has 0 nitrogen and oxygen atoms in total. The summed E-state index contributed by atoms with van der Waals surface area (Å²) in [6.45, 7) is 0. The largest absolute Gasteiger partial charge is 0.140 e. The predicted molar refractivity (Wildman–Crippen MR) is 378 cm³/mol.